The molecule has 5 nitrogen and oxygen atoms in total. The topological polar surface area (TPSA) is 90.9 Å². The van der Waals surface area contributed by atoms with Crippen LogP contribution in [0.3, 0.4) is 0 Å². The third-order valence-corrected chi connectivity index (χ3v) is 1.68. The highest BCUT2D eigenvalue weighted by atomic mass is 16.4. The molecule has 0 spiro atoms. The van der Waals surface area contributed by atoms with E-state index in [2.05, 4.69) is 10.5 Å². The van der Waals surface area contributed by atoms with Gasteiger partial charge in [0.05, 0.1) is 6.61 Å². The highest BCUT2D eigenvalue weighted by Crippen LogP contribution is 2.03. The van der Waals surface area contributed by atoms with Crippen LogP contribution in [0.4, 0.5) is 0 Å². The number of aliphatic hydroxyl groups is 1. The Morgan fingerprint density at radius 2 is 2.15 bits per heavy atom. The Morgan fingerprint density at radius 1 is 1.62 bits per heavy atom. The first-order valence-electron chi connectivity index (χ1n) is 4.26. The van der Waals surface area contributed by atoms with E-state index in [0.717, 1.165) is 0 Å². The number of aliphatic hydroxyl groups excluding tert-OH is 1. The summed E-state index contributed by atoms with van der Waals surface area (Å²) in [6.07, 6.45) is 0.458. The molecule has 0 heterocycles. The van der Waals surface area contributed by atoms with Gasteiger partial charge in [0, 0.05) is 18.0 Å². The van der Waals surface area contributed by atoms with Crippen LogP contribution in [-0.2, 0) is 0 Å². The highest BCUT2D eigenvalue weighted by molar-refractivity contribution is 5.80. The van der Waals surface area contributed by atoms with Crippen molar-refractivity contribution in [2.24, 2.45) is 10.9 Å². The summed E-state index contributed by atoms with van der Waals surface area (Å²) >= 11 is 0. The molecule has 0 radical (unpaired) electrons. The molecular formula is C8H19N3O2. The predicted octanol–water partition coefficient (Wildman–Crippen LogP) is -0.128. The van der Waals surface area contributed by atoms with Gasteiger partial charge in [-0.1, -0.05) is 5.16 Å². The van der Waals surface area contributed by atoms with E-state index < -0.39 is 0 Å². The zero-order valence-corrected chi connectivity index (χ0v) is 8.41. The van der Waals surface area contributed by atoms with Crippen molar-refractivity contribution >= 4 is 5.84 Å². The van der Waals surface area contributed by atoms with Gasteiger partial charge in [-0.3, -0.25) is 0 Å². The first-order chi connectivity index (χ1) is 5.91. The molecule has 5 heteroatoms. The van der Waals surface area contributed by atoms with E-state index in [-0.39, 0.29) is 24.0 Å². The van der Waals surface area contributed by atoms with Crippen LogP contribution in [0.2, 0.25) is 0 Å². The molecule has 0 aliphatic rings. The maximum absolute atomic E-state index is 8.96. The molecule has 5 N–H and O–H groups in total. The fourth-order valence-corrected chi connectivity index (χ4v) is 1.12. The summed E-state index contributed by atoms with van der Waals surface area (Å²) in [5.41, 5.74) is 4.99. The van der Waals surface area contributed by atoms with E-state index in [9.17, 15) is 0 Å². The molecule has 0 saturated heterocycles. The van der Waals surface area contributed by atoms with Gasteiger partial charge in [0.15, 0.2) is 0 Å². The fraction of sp³-hybridized carbons (Fsp3) is 0.875. The number of hydrogen-bond acceptors (Lipinski definition) is 4. The van der Waals surface area contributed by atoms with Crippen molar-refractivity contribution in [1.82, 2.24) is 5.32 Å². The molecule has 0 amide bonds. The lowest BCUT2D eigenvalue weighted by molar-refractivity contribution is 0.178. The van der Waals surface area contributed by atoms with Crippen LogP contribution >= 0.6 is 0 Å². The summed E-state index contributed by atoms with van der Waals surface area (Å²) < 4.78 is 0. The molecule has 0 fully saturated rings. The van der Waals surface area contributed by atoms with Crippen molar-refractivity contribution in [3.63, 3.8) is 0 Å². The average molecular weight is 189 g/mol. The molecule has 0 aromatic carbocycles. The van der Waals surface area contributed by atoms with Crippen LogP contribution in [0.25, 0.3) is 0 Å². The van der Waals surface area contributed by atoms with Crippen LogP contribution in [0.15, 0.2) is 5.16 Å². The Labute approximate surface area is 78.6 Å². The van der Waals surface area contributed by atoms with Gasteiger partial charge >= 0.3 is 0 Å². The van der Waals surface area contributed by atoms with Crippen molar-refractivity contribution < 1.29 is 10.3 Å². The molecule has 78 valence electrons. The van der Waals surface area contributed by atoms with E-state index in [1.807, 2.05) is 20.8 Å². The average Bonchev–Trinajstić information content (AvgIpc) is 2.03. The SMILES string of the molecule is CC(CC(N)=NO)NC(C)(C)CO. The molecule has 0 saturated carbocycles. The lowest BCUT2D eigenvalue weighted by Crippen LogP contribution is -2.48. The Kier molecular flexibility index (Phi) is 4.72. The quantitative estimate of drug-likeness (QED) is 0.210. The Morgan fingerprint density at radius 3 is 2.54 bits per heavy atom. The van der Waals surface area contributed by atoms with Crippen LogP contribution in [0.5, 0.6) is 0 Å². The van der Waals surface area contributed by atoms with E-state index in [4.69, 9.17) is 16.0 Å². The van der Waals surface area contributed by atoms with Crippen LogP contribution in [-0.4, -0.2) is 34.3 Å². The van der Waals surface area contributed by atoms with Crippen molar-refractivity contribution in [2.75, 3.05) is 6.61 Å². The highest BCUT2D eigenvalue weighted by Gasteiger charge is 2.18. The molecular weight excluding hydrogens is 170 g/mol. The molecule has 0 aliphatic heterocycles. The monoisotopic (exact) mass is 189 g/mol. The minimum atomic E-state index is -0.338. The van der Waals surface area contributed by atoms with Crippen LogP contribution in [0.1, 0.15) is 27.2 Å². The first-order valence-corrected chi connectivity index (χ1v) is 4.26. The minimum Gasteiger partial charge on any atom is -0.409 e. The third-order valence-electron chi connectivity index (χ3n) is 1.68. The second-order valence-electron chi connectivity index (χ2n) is 3.88. The number of nitrogens with one attached hydrogen (secondary N) is 1. The van der Waals surface area contributed by atoms with Gasteiger partial charge in [-0.05, 0) is 20.8 Å². The maximum Gasteiger partial charge on any atom is 0.140 e. The van der Waals surface area contributed by atoms with E-state index in [1.165, 1.54) is 0 Å². The zero-order chi connectivity index (χ0) is 10.5. The first kappa shape index (κ1) is 12.2. The second kappa shape index (κ2) is 5.04. The number of rotatable bonds is 5. The number of oxime groups is 1. The van der Waals surface area contributed by atoms with Crippen molar-refractivity contribution in [3.05, 3.63) is 0 Å². The third kappa shape index (κ3) is 5.43. The molecule has 0 aromatic rings. The summed E-state index contributed by atoms with van der Waals surface area (Å²) in [4.78, 5) is 0. The zero-order valence-electron chi connectivity index (χ0n) is 8.41. The van der Waals surface area contributed by atoms with Crippen molar-refractivity contribution in [2.45, 2.75) is 38.8 Å². The van der Waals surface area contributed by atoms with Crippen molar-refractivity contribution in [3.8, 4) is 0 Å². The summed E-state index contributed by atoms with van der Waals surface area (Å²) in [5, 5.41) is 23.3. The number of nitrogens with zero attached hydrogens (tertiary/aromatic N) is 1. The van der Waals surface area contributed by atoms with Gasteiger partial charge in [-0.25, -0.2) is 0 Å². The summed E-state index contributed by atoms with van der Waals surface area (Å²) in [7, 11) is 0. The smallest absolute Gasteiger partial charge is 0.140 e. The fourth-order valence-electron chi connectivity index (χ4n) is 1.12. The summed E-state index contributed by atoms with van der Waals surface area (Å²) in [5.74, 6) is 0.189. The predicted molar refractivity (Wildman–Crippen MR) is 51.8 cm³/mol. The lowest BCUT2D eigenvalue weighted by Gasteiger charge is -2.27. The summed E-state index contributed by atoms with van der Waals surface area (Å²) in [6, 6.07) is 0.0676. The van der Waals surface area contributed by atoms with Crippen LogP contribution < -0.4 is 11.1 Å². The van der Waals surface area contributed by atoms with E-state index >= 15 is 0 Å². The van der Waals surface area contributed by atoms with E-state index in [0.29, 0.717) is 6.42 Å². The molecule has 13 heavy (non-hydrogen) atoms. The molecule has 1 unspecified atom stereocenters. The maximum atomic E-state index is 8.96. The van der Waals surface area contributed by atoms with Gasteiger partial charge in [0.2, 0.25) is 0 Å². The number of amidine groups is 1. The van der Waals surface area contributed by atoms with Crippen molar-refractivity contribution in [1.29, 1.82) is 0 Å². The standard InChI is InChI=1S/C8H19N3O2/c1-6(4-7(9)11-13)10-8(2,3)5-12/h6,10,12-13H,4-5H2,1-3H3,(H2,9,11). The Bertz CT molecular complexity index is 180. The number of hydrogen-bond donors (Lipinski definition) is 4. The molecule has 1 atom stereocenters. The van der Waals surface area contributed by atoms with Gasteiger partial charge in [-0.15, -0.1) is 0 Å². The number of nitrogens with two attached hydrogens (primary N) is 1. The van der Waals surface area contributed by atoms with E-state index in [1.54, 1.807) is 0 Å². The normalized spacial score (nSPS) is 15.8. The minimum absolute atomic E-state index is 0.0491. The van der Waals surface area contributed by atoms with Gasteiger partial charge < -0.3 is 21.4 Å². The lowest BCUT2D eigenvalue weighted by atomic mass is 10.0. The summed E-state index contributed by atoms with van der Waals surface area (Å²) in [6.45, 7) is 5.73. The molecule has 0 aliphatic carbocycles. The van der Waals surface area contributed by atoms with Gasteiger partial charge in [0.1, 0.15) is 5.84 Å². The van der Waals surface area contributed by atoms with Gasteiger partial charge in [0.25, 0.3) is 0 Å². The molecule has 0 bridgehead atoms. The van der Waals surface area contributed by atoms with Crippen LogP contribution in [0, 0.1) is 0 Å². The Hall–Kier alpha value is -0.810. The molecule has 0 rings (SSSR count). The molecule has 0 aromatic heterocycles. The second-order valence-corrected chi connectivity index (χ2v) is 3.88. The largest absolute Gasteiger partial charge is 0.409 e. The Balaban J connectivity index is 3.94. The van der Waals surface area contributed by atoms with Gasteiger partial charge in [-0.2, -0.15) is 0 Å².